The Bertz CT molecular complexity index is 592. The topological polar surface area (TPSA) is 89.0 Å². The van der Waals surface area contributed by atoms with Crippen molar-refractivity contribution in [3.8, 4) is 0 Å². The molecule has 1 heterocycles. The van der Waals surface area contributed by atoms with E-state index >= 15 is 0 Å². The number of carbonyl (C=O) groups excluding carboxylic acids is 3. The summed E-state index contributed by atoms with van der Waals surface area (Å²) in [5.41, 5.74) is -0.0809. The van der Waals surface area contributed by atoms with Gasteiger partial charge >= 0.3 is 0 Å². The Labute approximate surface area is 129 Å². The molecule has 1 aromatic heterocycles. The third-order valence-corrected chi connectivity index (χ3v) is 3.84. The van der Waals surface area contributed by atoms with E-state index in [1.807, 2.05) is 20.8 Å². The van der Waals surface area contributed by atoms with E-state index in [1.54, 1.807) is 0 Å². The lowest BCUT2D eigenvalue weighted by molar-refractivity contribution is -0.130. The van der Waals surface area contributed by atoms with Crippen LogP contribution in [-0.2, 0) is 9.59 Å². The van der Waals surface area contributed by atoms with Crippen molar-refractivity contribution >= 4 is 17.5 Å². The normalized spacial score (nSPS) is 21.8. The van der Waals surface area contributed by atoms with Crippen molar-refractivity contribution in [2.75, 3.05) is 0 Å². The molecule has 0 bridgehead atoms. The van der Waals surface area contributed by atoms with Gasteiger partial charge in [-0.1, -0.05) is 20.8 Å². The number of ketones is 2. The van der Waals surface area contributed by atoms with Crippen LogP contribution in [-0.4, -0.2) is 33.5 Å². The van der Waals surface area contributed by atoms with Crippen molar-refractivity contribution in [1.29, 1.82) is 0 Å². The zero-order valence-electron chi connectivity index (χ0n) is 13.3. The van der Waals surface area contributed by atoms with Crippen LogP contribution in [0.5, 0.6) is 0 Å². The molecule has 1 amide bonds. The molecule has 6 nitrogen and oxygen atoms in total. The summed E-state index contributed by atoms with van der Waals surface area (Å²) in [6.07, 6.45) is 4.85. The Hall–Kier alpha value is -2.11. The molecule has 0 aliphatic heterocycles. The highest BCUT2D eigenvalue weighted by Gasteiger charge is 2.49. The standard InChI is InChI=1S/C16H21N3O3/c1-9(20)14(16(2,3)4)19-15(22)11-7-10(11)13(21)12-8-17-5-6-18-12/h5-6,8,10-11,14H,7H2,1-4H3,(H,19,22)/t10-,11?,14+/m0/s1. The molecular formula is C16H21N3O3. The quantitative estimate of drug-likeness (QED) is 0.831. The molecule has 1 aliphatic rings. The van der Waals surface area contributed by atoms with Crippen LogP contribution in [0.15, 0.2) is 18.6 Å². The second kappa shape index (κ2) is 5.94. The van der Waals surface area contributed by atoms with Gasteiger partial charge in [0.15, 0.2) is 11.6 Å². The summed E-state index contributed by atoms with van der Waals surface area (Å²) in [4.78, 5) is 44.0. The first kappa shape index (κ1) is 16.3. The third-order valence-electron chi connectivity index (χ3n) is 3.84. The van der Waals surface area contributed by atoms with E-state index in [9.17, 15) is 14.4 Å². The van der Waals surface area contributed by atoms with Gasteiger partial charge in [-0.3, -0.25) is 19.4 Å². The van der Waals surface area contributed by atoms with E-state index in [4.69, 9.17) is 0 Å². The molecular weight excluding hydrogens is 282 g/mol. The fourth-order valence-corrected chi connectivity index (χ4v) is 2.57. The minimum Gasteiger partial charge on any atom is -0.346 e. The van der Waals surface area contributed by atoms with Crippen LogP contribution in [0.2, 0.25) is 0 Å². The molecule has 6 heteroatoms. The zero-order chi connectivity index (χ0) is 16.5. The van der Waals surface area contributed by atoms with Gasteiger partial charge in [0.25, 0.3) is 0 Å². The molecule has 2 rings (SSSR count). The van der Waals surface area contributed by atoms with Crippen LogP contribution in [0.3, 0.4) is 0 Å². The van der Waals surface area contributed by atoms with Crippen LogP contribution < -0.4 is 5.32 Å². The number of carbonyl (C=O) groups is 3. The van der Waals surface area contributed by atoms with Crippen molar-refractivity contribution in [1.82, 2.24) is 15.3 Å². The fourth-order valence-electron chi connectivity index (χ4n) is 2.57. The molecule has 0 radical (unpaired) electrons. The van der Waals surface area contributed by atoms with Gasteiger partial charge in [-0.15, -0.1) is 0 Å². The summed E-state index contributed by atoms with van der Waals surface area (Å²) in [5, 5.41) is 2.78. The fraction of sp³-hybridized carbons (Fsp3) is 0.562. The Morgan fingerprint density at radius 3 is 2.41 bits per heavy atom. The van der Waals surface area contributed by atoms with Crippen molar-refractivity contribution in [3.05, 3.63) is 24.3 Å². The molecule has 1 fully saturated rings. The number of hydrogen-bond acceptors (Lipinski definition) is 5. The Morgan fingerprint density at radius 2 is 1.91 bits per heavy atom. The van der Waals surface area contributed by atoms with Gasteiger partial charge in [-0.2, -0.15) is 0 Å². The van der Waals surface area contributed by atoms with E-state index in [2.05, 4.69) is 15.3 Å². The second-order valence-corrected chi connectivity index (χ2v) is 6.82. The second-order valence-electron chi connectivity index (χ2n) is 6.82. The van der Waals surface area contributed by atoms with Crippen LogP contribution in [0.4, 0.5) is 0 Å². The molecule has 0 spiro atoms. The molecule has 1 N–H and O–H groups in total. The molecule has 22 heavy (non-hydrogen) atoms. The van der Waals surface area contributed by atoms with E-state index in [0.717, 1.165) is 0 Å². The van der Waals surface area contributed by atoms with Gasteiger partial charge in [-0.25, -0.2) is 4.98 Å². The van der Waals surface area contributed by atoms with Gasteiger partial charge in [-0.05, 0) is 18.8 Å². The number of Topliss-reactive ketones (excluding diaryl/α,β-unsaturated/α-hetero) is 2. The lowest BCUT2D eigenvalue weighted by Crippen LogP contribution is -2.49. The Balaban J connectivity index is 1.99. The molecule has 3 atom stereocenters. The van der Waals surface area contributed by atoms with Gasteiger partial charge in [0.05, 0.1) is 12.2 Å². The number of nitrogens with one attached hydrogen (secondary N) is 1. The van der Waals surface area contributed by atoms with E-state index in [1.165, 1.54) is 25.5 Å². The summed E-state index contributed by atoms with van der Waals surface area (Å²) >= 11 is 0. The first-order valence-electron chi connectivity index (χ1n) is 7.33. The van der Waals surface area contributed by atoms with Crippen LogP contribution in [0, 0.1) is 17.3 Å². The smallest absolute Gasteiger partial charge is 0.224 e. The average Bonchev–Trinajstić information content (AvgIpc) is 3.23. The van der Waals surface area contributed by atoms with E-state index < -0.39 is 6.04 Å². The predicted octanol–water partition coefficient (Wildman–Crippen LogP) is 1.42. The highest BCUT2D eigenvalue weighted by molar-refractivity contribution is 6.02. The summed E-state index contributed by atoms with van der Waals surface area (Å²) in [6.45, 7) is 7.16. The SMILES string of the molecule is CC(=O)[C@@H](NC(=O)C1C[C@@H]1C(=O)c1cnccn1)C(C)(C)C. The summed E-state index contributed by atoms with van der Waals surface area (Å²) < 4.78 is 0. The summed E-state index contributed by atoms with van der Waals surface area (Å²) in [6, 6.07) is -0.548. The molecule has 1 unspecified atom stereocenters. The maximum atomic E-state index is 12.3. The molecule has 1 aliphatic carbocycles. The summed E-state index contributed by atoms with van der Waals surface area (Å²) in [7, 11) is 0. The van der Waals surface area contributed by atoms with E-state index in [-0.39, 0.29) is 40.4 Å². The van der Waals surface area contributed by atoms with Gasteiger partial charge in [0.1, 0.15) is 5.69 Å². The number of aromatic nitrogens is 2. The summed E-state index contributed by atoms with van der Waals surface area (Å²) in [5.74, 6) is -1.22. The molecule has 0 aromatic carbocycles. The first-order valence-corrected chi connectivity index (χ1v) is 7.33. The largest absolute Gasteiger partial charge is 0.346 e. The first-order chi connectivity index (χ1) is 10.2. The number of hydrogen-bond donors (Lipinski definition) is 1. The minimum atomic E-state index is -0.548. The Morgan fingerprint density at radius 1 is 1.23 bits per heavy atom. The van der Waals surface area contributed by atoms with Crippen molar-refractivity contribution < 1.29 is 14.4 Å². The van der Waals surface area contributed by atoms with Crippen molar-refractivity contribution in [3.63, 3.8) is 0 Å². The van der Waals surface area contributed by atoms with Gasteiger partial charge < -0.3 is 5.32 Å². The maximum absolute atomic E-state index is 12.3. The average molecular weight is 303 g/mol. The van der Waals surface area contributed by atoms with Gasteiger partial charge in [0, 0.05) is 24.2 Å². The van der Waals surface area contributed by atoms with Crippen molar-refractivity contribution in [2.24, 2.45) is 17.3 Å². The zero-order valence-corrected chi connectivity index (χ0v) is 13.3. The Kier molecular flexibility index (Phi) is 4.39. The molecule has 0 saturated heterocycles. The number of amides is 1. The monoisotopic (exact) mass is 303 g/mol. The van der Waals surface area contributed by atoms with Crippen LogP contribution >= 0.6 is 0 Å². The minimum absolute atomic E-state index is 0.0849. The maximum Gasteiger partial charge on any atom is 0.224 e. The number of rotatable bonds is 5. The molecule has 1 aromatic rings. The number of nitrogens with zero attached hydrogens (tertiary/aromatic N) is 2. The van der Waals surface area contributed by atoms with Gasteiger partial charge in [0.2, 0.25) is 5.91 Å². The lowest BCUT2D eigenvalue weighted by Gasteiger charge is -2.29. The molecule has 118 valence electrons. The molecule has 1 saturated carbocycles. The predicted molar refractivity (Wildman–Crippen MR) is 80.0 cm³/mol. The van der Waals surface area contributed by atoms with Crippen LogP contribution in [0.25, 0.3) is 0 Å². The lowest BCUT2D eigenvalue weighted by atomic mass is 9.84. The van der Waals surface area contributed by atoms with Crippen LogP contribution in [0.1, 0.15) is 44.6 Å². The highest BCUT2D eigenvalue weighted by Crippen LogP contribution is 2.41. The van der Waals surface area contributed by atoms with E-state index in [0.29, 0.717) is 6.42 Å². The highest BCUT2D eigenvalue weighted by atomic mass is 16.2. The third kappa shape index (κ3) is 3.55. The van der Waals surface area contributed by atoms with Crippen molar-refractivity contribution in [2.45, 2.75) is 40.2 Å².